The fraction of sp³-hybridized carbons (Fsp3) is 0.444. The molecular formula is C18H20ClN3OS. The molecule has 4 rings (SSSR count). The zero-order valence-electron chi connectivity index (χ0n) is 13.4. The van der Waals surface area contributed by atoms with Gasteiger partial charge in [-0.3, -0.25) is 9.69 Å². The number of likely N-dealkylation sites (tertiary alicyclic amines) is 2. The second-order valence-corrected chi connectivity index (χ2v) is 7.88. The molecule has 0 N–H and O–H groups in total. The minimum Gasteiger partial charge on any atom is -0.335 e. The SMILES string of the molecule is O=C(c1cscn1)N1CCC2(CCCN2Cc2ccc(Cl)cc2)C1. The lowest BCUT2D eigenvalue weighted by Gasteiger charge is -2.35. The highest BCUT2D eigenvalue weighted by molar-refractivity contribution is 7.07. The van der Waals surface area contributed by atoms with E-state index in [1.54, 1.807) is 5.51 Å². The van der Waals surface area contributed by atoms with Crippen molar-refractivity contribution in [1.29, 1.82) is 0 Å². The molecule has 0 bridgehead atoms. The van der Waals surface area contributed by atoms with Crippen molar-refractivity contribution < 1.29 is 4.79 Å². The van der Waals surface area contributed by atoms with Crippen molar-refractivity contribution in [3.63, 3.8) is 0 Å². The van der Waals surface area contributed by atoms with Crippen LogP contribution in [0.1, 0.15) is 35.3 Å². The lowest BCUT2D eigenvalue weighted by molar-refractivity contribution is 0.0737. The molecule has 0 saturated carbocycles. The van der Waals surface area contributed by atoms with Gasteiger partial charge in [0.1, 0.15) is 5.69 Å². The Bertz CT molecular complexity index is 718. The van der Waals surface area contributed by atoms with Gasteiger partial charge in [0, 0.05) is 35.6 Å². The number of amides is 1. The molecule has 0 aliphatic carbocycles. The summed E-state index contributed by atoms with van der Waals surface area (Å²) in [7, 11) is 0. The number of benzene rings is 1. The van der Waals surface area contributed by atoms with Crippen molar-refractivity contribution in [2.45, 2.75) is 31.3 Å². The van der Waals surface area contributed by atoms with Crippen LogP contribution in [0.4, 0.5) is 0 Å². The fourth-order valence-electron chi connectivity index (χ4n) is 4.02. The highest BCUT2D eigenvalue weighted by Crippen LogP contribution is 2.39. The van der Waals surface area contributed by atoms with E-state index in [0.29, 0.717) is 5.69 Å². The number of hydrogen-bond acceptors (Lipinski definition) is 4. The number of thiazole rings is 1. The van der Waals surface area contributed by atoms with Gasteiger partial charge in [-0.15, -0.1) is 11.3 Å². The average Bonchev–Trinajstić information content (AvgIpc) is 3.33. The molecule has 1 unspecified atom stereocenters. The van der Waals surface area contributed by atoms with Gasteiger partial charge in [-0.2, -0.15) is 0 Å². The first-order chi connectivity index (χ1) is 11.7. The molecule has 24 heavy (non-hydrogen) atoms. The quantitative estimate of drug-likeness (QED) is 0.836. The van der Waals surface area contributed by atoms with E-state index in [1.807, 2.05) is 22.4 Å². The summed E-state index contributed by atoms with van der Waals surface area (Å²) in [6, 6.07) is 8.10. The van der Waals surface area contributed by atoms with Gasteiger partial charge in [-0.05, 0) is 43.5 Å². The van der Waals surface area contributed by atoms with Crippen LogP contribution >= 0.6 is 22.9 Å². The second kappa shape index (κ2) is 6.47. The lowest BCUT2D eigenvalue weighted by atomic mass is 9.94. The summed E-state index contributed by atoms with van der Waals surface area (Å²) in [5.74, 6) is 0.0754. The van der Waals surface area contributed by atoms with Gasteiger partial charge in [-0.1, -0.05) is 23.7 Å². The van der Waals surface area contributed by atoms with Crippen LogP contribution in [0.3, 0.4) is 0 Å². The third kappa shape index (κ3) is 2.96. The Kier molecular flexibility index (Phi) is 4.33. The standard InChI is InChI=1S/C18H20ClN3OS/c19-15-4-2-14(3-5-15)10-22-8-1-6-18(22)7-9-21(12-18)17(23)16-11-24-13-20-16/h2-5,11,13H,1,6-10,12H2. The molecule has 4 nitrogen and oxygen atoms in total. The number of hydrogen-bond donors (Lipinski definition) is 0. The predicted molar refractivity (Wildman–Crippen MR) is 96.5 cm³/mol. The van der Waals surface area contributed by atoms with Gasteiger partial charge in [0.2, 0.25) is 0 Å². The topological polar surface area (TPSA) is 36.4 Å². The molecule has 2 saturated heterocycles. The maximum absolute atomic E-state index is 12.6. The summed E-state index contributed by atoms with van der Waals surface area (Å²) in [4.78, 5) is 21.3. The predicted octanol–water partition coefficient (Wildman–Crippen LogP) is 3.68. The van der Waals surface area contributed by atoms with Crippen molar-refractivity contribution in [2.24, 2.45) is 0 Å². The van der Waals surface area contributed by atoms with E-state index in [2.05, 4.69) is 22.0 Å². The number of nitrogens with zero attached hydrogens (tertiary/aromatic N) is 3. The zero-order valence-corrected chi connectivity index (χ0v) is 15.0. The van der Waals surface area contributed by atoms with E-state index >= 15 is 0 Å². The third-order valence-electron chi connectivity index (χ3n) is 5.30. The Hall–Kier alpha value is -1.43. The van der Waals surface area contributed by atoms with Crippen LogP contribution in [0.5, 0.6) is 0 Å². The molecule has 1 atom stereocenters. The van der Waals surface area contributed by atoms with Gasteiger partial charge in [-0.25, -0.2) is 4.98 Å². The Morgan fingerprint density at radius 2 is 2.08 bits per heavy atom. The molecule has 1 amide bonds. The van der Waals surface area contributed by atoms with Crippen LogP contribution in [-0.4, -0.2) is 45.9 Å². The molecule has 2 fully saturated rings. The summed E-state index contributed by atoms with van der Waals surface area (Å²) in [5.41, 5.74) is 3.72. The summed E-state index contributed by atoms with van der Waals surface area (Å²) in [6.07, 6.45) is 3.42. The van der Waals surface area contributed by atoms with E-state index in [0.717, 1.165) is 37.6 Å². The molecule has 2 aliphatic heterocycles. The monoisotopic (exact) mass is 361 g/mol. The van der Waals surface area contributed by atoms with Crippen molar-refractivity contribution in [2.75, 3.05) is 19.6 Å². The number of aromatic nitrogens is 1. The Balaban J connectivity index is 1.48. The van der Waals surface area contributed by atoms with Crippen LogP contribution in [0, 0.1) is 0 Å². The minimum absolute atomic E-state index is 0.0754. The van der Waals surface area contributed by atoms with E-state index in [9.17, 15) is 4.79 Å². The van der Waals surface area contributed by atoms with Gasteiger partial charge in [0.25, 0.3) is 5.91 Å². The van der Waals surface area contributed by atoms with Crippen molar-refractivity contribution >= 4 is 28.8 Å². The molecule has 6 heteroatoms. The van der Waals surface area contributed by atoms with Crippen LogP contribution in [0.25, 0.3) is 0 Å². The van der Waals surface area contributed by atoms with Gasteiger partial charge in [0.05, 0.1) is 5.51 Å². The molecule has 2 aliphatic rings. The second-order valence-electron chi connectivity index (χ2n) is 6.73. The first kappa shape index (κ1) is 16.1. The maximum atomic E-state index is 12.6. The van der Waals surface area contributed by atoms with E-state index in [1.165, 1.54) is 29.7 Å². The number of carbonyl (C=O) groups excluding carboxylic acids is 1. The molecule has 1 aromatic carbocycles. The highest BCUT2D eigenvalue weighted by Gasteiger charge is 2.47. The van der Waals surface area contributed by atoms with Gasteiger partial charge < -0.3 is 4.90 Å². The summed E-state index contributed by atoms with van der Waals surface area (Å²) in [6.45, 7) is 3.67. The maximum Gasteiger partial charge on any atom is 0.273 e. The van der Waals surface area contributed by atoms with Crippen molar-refractivity contribution in [3.8, 4) is 0 Å². The first-order valence-corrected chi connectivity index (χ1v) is 9.65. The Morgan fingerprint density at radius 1 is 1.25 bits per heavy atom. The largest absolute Gasteiger partial charge is 0.335 e. The van der Waals surface area contributed by atoms with Gasteiger partial charge in [0.15, 0.2) is 0 Å². The number of carbonyl (C=O) groups is 1. The van der Waals surface area contributed by atoms with Crippen LogP contribution in [-0.2, 0) is 6.54 Å². The van der Waals surface area contributed by atoms with Crippen LogP contribution < -0.4 is 0 Å². The molecule has 2 aromatic rings. The number of rotatable bonds is 3. The average molecular weight is 362 g/mol. The minimum atomic E-state index is 0.0754. The number of halogens is 1. The third-order valence-corrected chi connectivity index (χ3v) is 6.14. The smallest absolute Gasteiger partial charge is 0.273 e. The molecule has 1 aromatic heterocycles. The van der Waals surface area contributed by atoms with E-state index in [4.69, 9.17) is 11.6 Å². The van der Waals surface area contributed by atoms with E-state index < -0.39 is 0 Å². The highest BCUT2D eigenvalue weighted by atomic mass is 35.5. The first-order valence-electron chi connectivity index (χ1n) is 8.33. The van der Waals surface area contributed by atoms with Crippen LogP contribution in [0.15, 0.2) is 35.2 Å². The normalized spacial score (nSPS) is 24.1. The summed E-state index contributed by atoms with van der Waals surface area (Å²) in [5, 5.41) is 2.61. The van der Waals surface area contributed by atoms with Crippen molar-refractivity contribution in [3.05, 3.63) is 51.4 Å². The van der Waals surface area contributed by atoms with Crippen LogP contribution in [0.2, 0.25) is 5.02 Å². The molecule has 0 radical (unpaired) electrons. The van der Waals surface area contributed by atoms with E-state index in [-0.39, 0.29) is 11.4 Å². The molecular weight excluding hydrogens is 342 g/mol. The lowest BCUT2D eigenvalue weighted by Crippen LogP contribution is -2.46. The fourth-order valence-corrected chi connectivity index (χ4v) is 4.68. The zero-order chi connectivity index (χ0) is 16.6. The van der Waals surface area contributed by atoms with Gasteiger partial charge >= 0.3 is 0 Å². The van der Waals surface area contributed by atoms with Crippen molar-refractivity contribution in [1.82, 2.24) is 14.8 Å². The molecule has 3 heterocycles. The Morgan fingerprint density at radius 3 is 2.83 bits per heavy atom. The molecule has 126 valence electrons. The Labute approximate surface area is 151 Å². The summed E-state index contributed by atoms with van der Waals surface area (Å²) >= 11 is 7.46. The summed E-state index contributed by atoms with van der Waals surface area (Å²) < 4.78 is 0. The molecule has 1 spiro atoms.